The molecular weight excluding hydrogens is 487 g/mol. The van der Waals surface area contributed by atoms with Gasteiger partial charge in [-0.1, -0.05) is 42.5 Å². The van der Waals surface area contributed by atoms with Crippen LogP contribution in [0.25, 0.3) is 17.2 Å². The van der Waals surface area contributed by atoms with Crippen molar-refractivity contribution < 1.29 is 23.1 Å². The third-order valence-electron chi connectivity index (χ3n) is 7.49. The monoisotopic (exact) mass is 517 g/mol. The van der Waals surface area contributed by atoms with Gasteiger partial charge < -0.3 is 5.11 Å². The lowest BCUT2D eigenvalue weighted by molar-refractivity contribution is 0.0696. The van der Waals surface area contributed by atoms with Gasteiger partial charge in [0.15, 0.2) is 11.6 Å². The van der Waals surface area contributed by atoms with E-state index in [1.807, 2.05) is 30.3 Å². The van der Waals surface area contributed by atoms with Gasteiger partial charge in [-0.25, -0.2) is 13.6 Å². The number of alkyl halides is 1. The van der Waals surface area contributed by atoms with E-state index in [9.17, 15) is 23.1 Å². The Morgan fingerprint density at radius 3 is 2.45 bits per heavy atom. The second-order valence-corrected chi connectivity index (χ2v) is 10.1. The average molecular weight is 518 g/mol. The van der Waals surface area contributed by atoms with Crippen LogP contribution in [0.2, 0.25) is 0 Å². The van der Waals surface area contributed by atoms with Crippen LogP contribution in [0.15, 0.2) is 60.2 Å². The number of rotatable bonds is 7. The Kier molecular flexibility index (Phi) is 7.52. The zero-order valence-corrected chi connectivity index (χ0v) is 21.4. The number of aryl methyl sites for hydroxylation is 1. The van der Waals surface area contributed by atoms with Crippen molar-refractivity contribution in [3.63, 3.8) is 0 Å². The lowest BCUT2D eigenvalue weighted by atomic mass is 9.85. The SMILES string of the molecule is Cc1c(C2=C(c3ccc(C=C4CN(CCCF)C4)cc3)c3ccc(C(=O)O)cc3CCC2)ccc(F)c1F. The summed E-state index contributed by atoms with van der Waals surface area (Å²) in [5.41, 5.74) is 8.18. The lowest BCUT2D eigenvalue weighted by Gasteiger charge is -2.33. The van der Waals surface area contributed by atoms with E-state index in [-0.39, 0.29) is 17.8 Å². The van der Waals surface area contributed by atoms with Crippen LogP contribution in [0.1, 0.15) is 63.0 Å². The molecule has 1 saturated heterocycles. The molecule has 38 heavy (non-hydrogen) atoms. The number of nitrogens with zero attached hydrogens (tertiary/aromatic N) is 1. The summed E-state index contributed by atoms with van der Waals surface area (Å²) in [6.45, 7) is 3.79. The first kappa shape index (κ1) is 26.0. The average Bonchev–Trinajstić information content (AvgIpc) is 3.08. The molecule has 5 rings (SSSR count). The number of hydrogen-bond donors (Lipinski definition) is 1. The van der Waals surface area contributed by atoms with Crippen molar-refractivity contribution in [2.75, 3.05) is 26.3 Å². The van der Waals surface area contributed by atoms with E-state index in [1.165, 1.54) is 11.6 Å². The Labute approximate surface area is 220 Å². The van der Waals surface area contributed by atoms with Gasteiger partial charge in [0.25, 0.3) is 0 Å². The van der Waals surface area contributed by atoms with Crippen molar-refractivity contribution >= 4 is 23.2 Å². The molecule has 0 saturated carbocycles. The van der Waals surface area contributed by atoms with Gasteiger partial charge in [0.1, 0.15) is 0 Å². The van der Waals surface area contributed by atoms with Crippen molar-refractivity contribution in [3.05, 3.63) is 111 Å². The first-order valence-corrected chi connectivity index (χ1v) is 13.0. The van der Waals surface area contributed by atoms with Gasteiger partial charge in [-0.05, 0) is 101 Å². The normalized spacial score (nSPS) is 15.6. The van der Waals surface area contributed by atoms with E-state index in [0.717, 1.165) is 59.5 Å². The molecule has 1 N–H and O–H groups in total. The highest BCUT2D eigenvalue weighted by molar-refractivity contribution is 6.01. The van der Waals surface area contributed by atoms with E-state index >= 15 is 0 Å². The number of aromatic carboxylic acids is 1. The molecule has 2 aliphatic rings. The van der Waals surface area contributed by atoms with E-state index in [2.05, 4.69) is 11.0 Å². The number of allylic oxidation sites excluding steroid dienone is 1. The molecule has 1 aliphatic carbocycles. The maximum Gasteiger partial charge on any atom is 0.335 e. The molecule has 0 radical (unpaired) electrons. The second kappa shape index (κ2) is 11.0. The van der Waals surface area contributed by atoms with Crippen molar-refractivity contribution in [3.8, 4) is 0 Å². The Morgan fingerprint density at radius 2 is 1.74 bits per heavy atom. The van der Waals surface area contributed by atoms with Crippen LogP contribution in [-0.2, 0) is 6.42 Å². The van der Waals surface area contributed by atoms with Crippen LogP contribution < -0.4 is 0 Å². The molecule has 1 aliphatic heterocycles. The third kappa shape index (κ3) is 5.18. The summed E-state index contributed by atoms with van der Waals surface area (Å²) in [6.07, 6.45) is 4.82. The summed E-state index contributed by atoms with van der Waals surface area (Å²) in [4.78, 5) is 13.9. The van der Waals surface area contributed by atoms with Crippen LogP contribution in [0.3, 0.4) is 0 Å². The Hall–Kier alpha value is -3.64. The third-order valence-corrected chi connectivity index (χ3v) is 7.49. The van der Waals surface area contributed by atoms with E-state index in [4.69, 9.17) is 0 Å². The molecule has 3 aromatic rings. The minimum absolute atomic E-state index is 0.235. The fraction of sp³-hybridized carbons (Fsp3) is 0.281. The molecule has 0 spiro atoms. The summed E-state index contributed by atoms with van der Waals surface area (Å²) in [6, 6.07) is 16.2. The molecule has 3 aromatic carbocycles. The minimum Gasteiger partial charge on any atom is -0.478 e. The molecule has 0 amide bonds. The zero-order valence-electron chi connectivity index (χ0n) is 21.4. The predicted octanol–water partition coefficient (Wildman–Crippen LogP) is 7.33. The van der Waals surface area contributed by atoms with Crippen LogP contribution >= 0.6 is 0 Å². The highest BCUT2D eigenvalue weighted by Gasteiger charge is 2.24. The minimum atomic E-state index is -0.976. The summed E-state index contributed by atoms with van der Waals surface area (Å²) in [7, 11) is 0. The molecule has 0 aromatic heterocycles. The lowest BCUT2D eigenvalue weighted by Crippen LogP contribution is -2.40. The van der Waals surface area contributed by atoms with Crippen LogP contribution in [0.5, 0.6) is 0 Å². The van der Waals surface area contributed by atoms with Gasteiger partial charge in [0, 0.05) is 19.6 Å². The van der Waals surface area contributed by atoms with Crippen LogP contribution in [-0.4, -0.2) is 42.3 Å². The van der Waals surface area contributed by atoms with Gasteiger partial charge in [-0.2, -0.15) is 0 Å². The van der Waals surface area contributed by atoms with Crippen molar-refractivity contribution in [1.82, 2.24) is 4.90 Å². The molecule has 196 valence electrons. The number of hydrogen-bond acceptors (Lipinski definition) is 2. The summed E-state index contributed by atoms with van der Waals surface area (Å²) >= 11 is 0. The molecule has 6 heteroatoms. The van der Waals surface area contributed by atoms with E-state index < -0.39 is 17.6 Å². The number of carbonyl (C=O) groups is 1. The van der Waals surface area contributed by atoms with Gasteiger partial charge >= 0.3 is 5.97 Å². The number of halogens is 3. The van der Waals surface area contributed by atoms with Gasteiger partial charge in [-0.15, -0.1) is 0 Å². The fourth-order valence-electron chi connectivity index (χ4n) is 5.54. The van der Waals surface area contributed by atoms with Crippen LogP contribution in [0.4, 0.5) is 13.2 Å². The highest BCUT2D eigenvalue weighted by Crippen LogP contribution is 2.41. The Morgan fingerprint density at radius 1 is 1.00 bits per heavy atom. The fourth-order valence-corrected chi connectivity index (χ4v) is 5.54. The summed E-state index contributed by atoms with van der Waals surface area (Å²) in [5.74, 6) is -2.69. The number of benzene rings is 3. The Balaban J connectivity index is 1.57. The number of carboxylic acid groups (broad SMARTS) is 1. The zero-order chi connectivity index (χ0) is 26.8. The van der Waals surface area contributed by atoms with Crippen molar-refractivity contribution in [2.24, 2.45) is 0 Å². The molecular formula is C32H30F3NO2. The predicted molar refractivity (Wildman–Crippen MR) is 145 cm³/mol. The first-order valence-electron chi connectivity index (χ1n) is 13.0. The molecule has 0 unspecified atom stereocenters. The van der Waals surface area contributed by atoms with E-state index in [0.29, 0.717) is 24.8 Å². The number of fused-ring (bicyclic) bond motifs is 1. The Bertz CT molecular complexity index is 1430. The molecule has 0 bridgehead atoms. The number of likely N-dealkylation sites (tertiary alicyclic amines) is 1. The maximum atomic E-state index is 14.6. The van der Waals surface area contributed by atoms with E-state index in [1.54, 1.807) is 25.1 Å². The topological polar surface area (TPSA) is 40.5 Å². The first-order chi connectivity index (χ1) is 18.4. The quantitative estimate of drug-likeness (QED) is 0.357. The maximum absolute atomic E-state index is 14.6. The van der Waals surface area contributed by atoms with Gasteiger partial charge in [-0.3, -0.25) is 9.29 Å². The van der Waals surface area contributed by atoms with Gasteiger partial charge in [0.2, 0.25) is 0 Å². The molecule has 1 fully saturated rings. The summed E-state index contributed by atoms with van der Waals surface area (Å²) < 4.78 is 41.0. The van der Waals surface area contributed by atoms with Crippen molar-refractivity contribution in [1.29, 1.82) is 0 Å². The smallest absolute Gasteiger partial charge is 0.335 e. The molecule has 0 atom stereocenters. The van der Waals surface area contributed by atoms with Crippen LogP contribution in [0, 0.1) is 18.6 Å². The van der Waals surface area contributed by atoms with Crippen molar-refractivity contribution in [2.45, 2.75) is 32.6 Å². The standard InChI is InChI=1S/C32H30F3NO2/c1-20-26(12-13-29(34)31(20)35)28-5-2-4-24-17-25(32(37)38)10-11-27(24)30(28)23-8-6-21(7-9-23)16-22-18-36(19-22)15-3-14-33/h6-13,16-17H,2-5,14-15,18-19H2,1H3,(H,37,38). The summed E-state index contributed by atoms with van der Waals surface area (Å²) in [5, 5.41) is 9.53. The second-order valence-electron chi connectivity index (χ2n) is 10.1. The van der Waals surface area contributed by atoms with Gasteiger partial charge in [0.05, 0.1) is 12.2 Å². The highest BCUT2D eigenvalue weighted by atomic mass is 19.2. The molecule has 3 nitrogen and oxygen atoms in total. The molecule has 1 heterocycles. The number of carboxylic acids is 1. The largest absolute Gasteiger partial charge is 0.478 e.